The zero-order chi connectivity index (χ0) is 15.4. The highest BCUT2D eigenvalue weighted by atomic mass is 32.1. The van der Waals surface area contributed by atoms with Crippen molar-refractivity contribution in [1.82, 2.24) is 0 Å². The molecular weight excluding hydrogens is 284 g/mol. The minimum atomic E-state index is -0.207. The molecule has 0 atom stereocenters. The van der Waals surface area contributed by atoms with Crippen LogP contribution >= 0.6 is 11.3 Å². The molecule has 1 aliphatic heterocycles. The van der Waals surface area contributed by atoms with Crippen LogP contribution in [-0.2, 0) is 4.74 Å². The predicted molar refractivity (Wildman–Crippen MR) is 87.2 cm³/mol. The molecule has 0 spiro atoms. The van der Waals surface area contributed by atoms with Crippen molar-refractivity contribution in [3.05, 3.63) is 10.9 Å². The standard InChI is InChI=1S/C16H24N2O2S/c1-15(2)8-18(9-16(3,4)20-15)12-7-11(17)14(21-12)13(19)10-5-6-10/h7,10H,5-6,8-9,17H2,1-4H3. The number of rotatable bonds is 3. The van der Waals surface area contributed by atoms with E-state index >= 15 is 0 Å². The second-order valence-corrected chi connectivity index (χ2v) is 8.52. The van der Waals surface area contributed by atoms with Gasteiger partial charge in [0, 0.05) is 19.0 Å². The van der Waals surface area contributed by atoms with Crippen molar-refractivity contribution in [3.63, 3.8) is 0 Å². The maximum atomic E-state index is 12.3. The SMILES string of the molecule is CC1(C)CN(c2cc(N)c(C(=O)C3CC3)s2)CC(C)(C)O1. The number of hydrogen-bond donors (Lipinski definition) is 1. The van der Waals surface area contributed by atoms with Crippen LogP contribution in [0.4, 0.5) is 10.7 Å². The second-order valence-electron chi connectivity index (χ2n) is 7.49. The summed E-state index contributed by atoms with van der Waals surface area (Å²) < 4.78 is 6.11. The summed E-state index contributed by atoms with van der Waals surface area (Å²) in [5, 5.41) is 1.08. The van der Waals surface area contributed by atoms with Crippen LogP contribution in [0.2, 0.25) is 0 Å². The zero-order valence-corrected chi connectivity index (χ0v) is 14.0. The van der Waals surface area contributed by atoms with E-state index in [4.69, 9.17) is 10.5 Å². The molecule has 1 saturated heterocycles. The number of carbonyl (C=O) groups is 1. The molecule has 5 heteroatoms. The van der Waals surface area contributed by atoms with Gasteiger partial charge in [0.15, 0.2) is 5.78 Å². The van der Waals surface area contributed by atoms with Crippen LogP contribution in [0.25, 0.3) is 0 Å². The lowest BCUT2D eigenvalue weighted by atomic mass is 9.99. The van der Waals surface area contributed by atoms with Gasteiger partial charge in [-0.15, -0.1) is 11.3 Å². The average molecular weight is 308 g/mol. The molecule has 2 aliphatic rings. The van der Waals surface area contributed by atoms with Gasteiger partial charge in [-0.25, -0.2) is 0 Å². The Morgan fingerprint density at radius 1 is 1.29 bits per heavy atom. The highest BCUT2D eigenvalue weighted by molar-refractivity contribution is 7.18. The molecule has 116 valence electrons. The Hall–Kier alpha value is -1.07. The summed E-state index contributed by atoms with van der Waals surface area (Å²) in [6.45, 7) is 10.0. The van der Waals surface area contributed by atoms with E-state index in [9.17, 15) is 4.79 Å². The number of nitrogens with zero attached hydrogens (tertiary/aromatic N) is 1. The van der Waals surface area contributed by atoms with Crippen LogP contribution in [0.5, 0.6) is 0 Å². The predicted octanol–water partition coefficient (Wildman–Crippen LogP) is 3.32. The molecule has 0 amide bonds. The number of ketones is 1. The van der Waals surface area contributed by atoms with Gasteiger partial charge in [-0.1, -0.05) is 0 Å². The lowest BCUT2D eigenvalue weighted by molar-refractivity contribution is -0.132. The third-order valence-corrected chi connectivity index (χ3v) is 5.15. The molecule has 1 aromatic rings. The Morgan fingerprint density at radius 2 is 1.86 bits per heavy atom. The number of thiophene rings is 1. The monoisotopic (exact) mass is 308 g/mol. The number of hydrogen-bond acceptors (Lipinski definition) is 5. The van der Waals surface area contributed by atoms with Gasteiger partial charge in [-0.3, -0.25) is 4.79 Å². The molecule has 2 heterocycles. The van der Waals surface area contributed by atoms with Crippen molar-refractivity contribution < 1.29 is 9.53 Å². The first kappa shape index (κ1) is 14.9. The Morgan fingerprint density at radius 3 is 2.38 bits per heavy atom. The van der Waals surface area contributed by atoms with Gasteiger partial charge in [0.1, 0.15) is 0 Å². The molecule has 1 aliphatic carbocycles. The van der Waals surface area contributed by atoms with E-state index in [1.165, 1.54) is 11.3 Å². The molecular formula is C16H24N2O2S. The van der Waals surface area contributed by atoms with Crippen molar-refractivity contribution in [3.8, 4) is 0 Å². The maximum Gasteiger partial charge on any atom is 0.178 e. The molecule has 21 heavy (non-hydrogen) atoms. The Bertz CT molecular complexity index is 557. The fraction of sp³-hybridized carbons (Fsp3) is 0.688. The van der Waals surface area contributed by atoms with Crippen LogP contribution in [0.3, 0.4) is 0 Å². The lowest BCUT2D eigenvalue weighted by Gasteiger charge is -2.47. The van der Waals surface area contributed by atoms with Crippen LogP contribution in [0, 0.1) is 5.92 Å². The molecule has 2 fully saturated rings. The number of carbonyl (C=O) groups excluding carboxylic acids is 1. The third-order valence-electron chi connectivity index (χ3n) is 3.93. The van der Waals surface area contributed by atoms with E-state index in [1.807, 2.05) is 6.07 Å². The van der Waals surface area contributed by atoms with Gasteiger partial charge in [-0.05, 0) is 46.6 Å². The summed E-state index contributed by atoms with van der Waals surface area (Å²) in [5.74, 6) is 0.451. The Labute approximate surface area is 130 Å². The molecule has 4 nitrogen and oxygen atoms in total. The number of anilines is 2. The van der Waals surface area contributed by atoms with Crippen molar-refractivity contribution in [1.29, 1.82) is 0 Å². The topological polar surface area (TPSA) is 55.6 Å². The van der Waals surface area contributed by atoms with Crippen LogP contribution in [0.1, 0.15) is 50.2 Å². The Kier molecular flexibility index (Phi) is 3.33. The number of Topliss-reactive ketones (excluding diaryl/α,β-unsaturated/α-hetero) is 1. The van der Waals surface area contributed by atoms with Crippen LogP contribution < -0.4 is 10.6 Å². The van der Waals surface area contributed by atoms with E-state index in [1.54, 1.807) is 0 Å². The van der Waals surface area contributed by atoms with E-state index < -0.39 is 0 Å². The lowest BCUT2D eigenvalue weighted by Crippen LogP contribution is -2.57. The maximum absolute atomic E-state index is 12.3. The number of morpholine rings is 1. The van der Waals surface area contributed by atoms with E-state index in [0.29, 0.717) is 5.69 Å². The highest BCUT2D eigenvalue weighted by Gasteiger charge is 2.39. The molecule has 2 N–H and O–H groups in total. The quantitative estimate of drug-likeness (QED) is 0.870. The van der Waals surface area contributed by atoms with Gasteiger partial charge >= 0.3 is 0 Å². The fourth-order valence-corrected chi connectivity index (χ4v) is 4.31. The molecule has 0 aromatic carbocycles. The molecule has 0 unspecified atom stereocenters. The summed E-state index contributed by atoms with van der Waals surface area (Å²) in [7, 11) is 0. The molecule has 0 radical (unpaired) electrons. The van der Waals surface area contributed by atoms with Gasteiger partial charge in [0.05, 0.1) is 26.8 Å². The van der Waals surface area contributed by atoms with Crippen LogP contribution in [-0.4, -0.2) is 30.1 Å². The number of ether oxygens (including phenoxy) is 1. The highest BCUT2D eigenvalue weighted by Crippen LogP contribution is 2.41. The fourth-order valence-electron chi connectivity index (χ4n) is 3.21. The molecule has 1 aromatic heterocycles. The van der Waals surface area contributed by atoms with Crippen LogP contribution in [0.15, 0.2) is 6.07 Å². The van der Waals surface area contributed by atoms with Crippen molar-refractivity contribution >= 4 is 27.8 Å². The second kappa shape index (κ2) is 4.71. The summed E-state index contributed by atoms with van der Waals surface area (Å²) in [6.07, 6.45) is 2.03. The van der Waals surface area contributed by atoms with Crippen molar-refractivity contribution in [2.75, 3.05) is 23.7 Å². The van der Waals surface area contributed by atoms with Gasteiger partial charge in [-0.2, -0.15) is 0 Å². The molecule has 3 rings (SSSR count). The number of nitrogen functional groups attached to an aromatic ring is 1. The number of nitrogens with two attached hydrogens (primary N) is 1. The largest absolute Gasteiger partial charge is 0.397 e. The third kappa shape index (κ3) is 3.09. The zero-order valence-electron chi connectivity index (χ0n) is 13.2. The minimum Gasteiger partial charge on any atom is -0.397 e. The van der Waals surface area contributed by atoms with E-state index in [2.05, 4.69) is 32.6 Å². The summed E-state index contributed by atoms with van der Waals surface area (Å²) in [5.41, 5.74) is 6.30. The smallest absolute Gasteiger partial charge is 0.178 e. The van der Waals surface area contributed by atoms with E-state index in [0.717, 1.165) is 35.8 Å². The van der Waals surface area contributed by atoms with Gasteiger partial charge in [0.2, 0.25) is 0 Å². The normalized spacial score (nSPS) is 24.1. The summed E-state index contributed by atoms with van der Waals surface area (Å²) in [6, 6.07) is 1.96. The van der Waals surface area contributed by atoms with E-state index in [-0.39, 0.29) is 22.9 Å². The molecule has 0 bridgehead atoms. The van der Waals surface area contributed by atoms with Crippen molar-refractivity contribution in [2.24, 2.45) is 5.92 Å². The first-order chi connectivity index (χ1) is 9.67. The minimum absolute atomic E-state index is 0.207. The summed E-state index contributed by atoms with van der Waals surface area (Å²) >= 11 is 1.54. The Balaban J connectivity index is 1.86. The first-order valence-electron chi connectivity index (χ1n) is 7.55. The van der Waals surface area contributed by atoms with Gasteiger partial charge < -0.3 is 15.4 Å². The molecule has 1 saturated carbocycles. The van der Waals surface area contributed by atoms with Crippen molar-refractivity contribution in [2.45, 2.75) is 51.7 Å². The first-order valence-corrected chi connectivity index (χ1v) is 8.37. The van der Waals surface area contributed by atoms with Gasteiger partial charge in [0.25, 0.3) is 0 Å². The average Bonchev–Trinajstić information content (AvgIpc) is 3.07. The summed E-state index contributed by atoms with van der Waals surface area (Å²) in [4.78, 5) is 15.3.